The maximum Gasteiger partial charge on any atom is 0.251 e. The van der Waals surface area contributed by atoms with Gasteiger partial charge in [-0.3, -0.25) is 4.79 Å². The molecule has 0 aliphatic carbocycles. The molecule has 1 aliphatic rings. The van der Waals surface area contributed by atoms with Crippen LogP contribution in [-0.2, 0) is 14.8 Å². The van der Waals surface area contributed by atoms with Crippen LogP contribution in [0.1, 0.15) is 28.9 Å². The van der Waals surface area contributed by atoms with Crippen molar-refractivity contribution in [3.63, 3.8) is 0 Å². The molecule has 162 valence electrons. The van der Waals surface area contributed by atoms with Crippen LogP contribution < -0.4 is 5.32 Å². The van der Waals surface area contributed by atoms with E-state index in [-0.39, 0.29) is 40.5 Å². The molecule has 8 heteroatoms. The number of carbonyl (C=O) groups excluding carboxylic acids is 1. The van der Waals surface area contributed by atoms with Crippen molar-refractivity contribution >= 4 is 38.3 Å². The summed E-state index contributed by atoms with van der Waals surface area (Å²) in [4.78, 5) is 12.9. The molecule has 6 nitrogen and oxygen atoms in total. The highest BCUT2D eigenvalue weighted by Gasteiger charge is 2.29. The minimum absolute atomic E-state index is 0.0680. The summed E-state index contributed by atoms with van der Waals surface area (Å²) in [5.74, 6) is -0.365. The molecule has 0 radical (unpaired) electrons. The van der Waals surface area contributed by atoms with Gasteiger partial charge in [0, 0.05) is 18.7 Å². The zero-order valence-electron chi connectivity index (χ0n) is 17.0. The van der Waals surface area contributed by atoms with E-state index in [2.05, 4.69) is 5.32 Å². The van der Waals surface area contributed by atoms with Crippen LogP contribution in [0.25, 0.3) is 10.8 Å². The van der Waals surface area contributed by atoms with E-state index in [0.29, 0.717) is 13.2 Å². The van der Waals surface area contributed by atoms with Gasteiger partial charge in [-0.2, -0.15) is 4.31 Å². The number of hydrogen-bond acceptors (Lipinski definition) is 4. The Bertz CT molecular complexity index is 1220. The molecule has 31 heavy (non-hydrogen) atoms. The predicted octanol–water partition coefficient (Wildman–Crippen LogP) is 4.01. The third-order valence-corrected chi connectivity index (χ3v) is 7.80. The molecule has 0 aromatic heterocycles. The van der Waals surface area contributed by atoms with E-state index in [1.54, 1.807) is 0 Å². The lowest BCUT2D eigenvalue weighted by Crippen LogP contribution is -2.40. The molecule has 0 unspecified atom stereocenters. The van der Waals surface area contributed by atoms with E-state index < -0.39 is 10.0 Å². The number of sulfonamides is 1. The topological polar surface area (TPSA) is 75.7 Å². The van der Waals surface area contributed by atoms with Gasteiger partial charge in [0.1, 0.15) is 4.90 Å². The Morgan fingerprint density at radius 3 is 2.55 bits per heavy atom. The van der Waals surface area contributed by atoms with Crippen molar-refractivity contribution in [1.82, 2.24) is 9.62 Å². The highest BCUT2D eigenvalue weighted by atomic mass is 35.5. The quantitative estimate of drug-likeness (QED) is 0.627. The molecule has 1 fully saturated rings. The van der Waals surface area contributed by atoms with Crippen LogP contribution in [0.15, 0.2) is 65.6 Å². The van der Waals surface area contributed by atoms with Gasteiger partial charge in [-0.1, -0.05) is 54.1 Å². The summed E-state index contributed by atoms with van der Waals surface area (Å²) in [6, 6.07) is 18.0. The Labute approximate surface area is 186 Å². The average Bonchev–Trinajstić information content (AvgIpc) is 2.79. The van der Waals surface area contributed by atoms with Crippen molar-refractivity contribution < 1.29 is 17.9 Å². The number of benzene rings is 3. The van der Waals surface area contributed by atoms with E-state index in [9.17, 15) is 13.2 Å². The second-order valence-corrected chi connectivity index (χ2v) is 9.74. The number of rotatable bonds is 5. The van der Waals surface area contributed by atoms with Crippen LogP contribution in [0.3, 0.4) is 0 Å². The Morgan fingerprint density at radius 1 is 1.06 bits per heavy atom. The number of morpholine rings is 1. The van der Waals surface area contributed by atoms with Gasteiger partial charge < -0.3 is 10.1 Å². The van der Waals surface area contributed by atoms with Crippen molar-refractivity contribution in [2.45, 2.75) is 17.9 Å². The molecule has 0 spiro atoms. The first kappa shape index (κ1) is 21.8. The van der Waals surface area contributed by atoms with Crippen LogP contribution >= 0.6 is 11.6 Å². The van der Waals surface area contributed by atoms with Crippen molar-refractivity contribution in [3.05, 3.63) is 76.8 Å². The molecule has 1 saturated heterocycles. The first-order valence-corrected chi connectivity index (χ1v) is 11.9. The number of fused-ring (bicyclic) bond motifs is 1. The molecular weight excluding hydrogens is 436 g/mol. The largest absolute Gasteiger partial charge is 0.379 e. The van der Waals surface area contributed by atoms with Crippen LogP contribution in [0.2, 0.25) is 5.02 Å². The average molecular weight is 459 g/mol. The van der Waals surface area contributed by atoms with E-state index in [4.69, 9.17) is 16.3 Å². The van der Waals surface area contributed by atoms with Crippen LogP contribution in [-0.4, -0.2) is 44.9 Å². The number of carbonyl (C=O) groups is 1. The summed E-state index contributed by atoms with van der Waals surface area (Å²) < 4.78 is 32.6. The fourth-order valence-electron chi connectivity index (χ4n) is 3.75. The van der Waals surface area contributed by atoms with Gasteiger partial charge in [0.05, 0.1) is 24.3 Å². The van der Waals surface area contributed by atoms with Gasteiger partial charge in [0.25, 0.3) is 5.91 Å². The third kappa shape index (κ3) is 4.45. The maximum atomic E-state index is 13.0. The Balaban J connectivity index is 1.60. The fourth-order valence-corrected chi connectivity index (χ4v) is 5.66. The molecule has 0 bridgehead atoms. The van der Waals surface area contributed by atoms with Crippen LogP contribution in [0, 0.1) is 0 Å². The summed E-state index contributed by atoms with van der Waals surface area (Å²) in [5, 5.41) is 5.21. The first-order valence-electron chi connectivity index (χ1n) is 10.0. The molecule has 1 amide bonds. The minimum Gasteiger partial charge on any atom is -0.379 e. The number of nitrogens with zero attached hydrogens (tertiary/aromatic N) is 1. The van der Waals surface area contributed by atoms with Crippen LogP contribution in [0.4, 0.5) is 0 Å². The van der Waals surface area contributed by atoms with Gasteiger partial charge >= 0.3 is 0 Å². The molecule has 1 N–H and O–H groups in total. The zero-order chi connectivity index (χ0) is 22.0. The van der Waals surface area contributed by atoms with Gasteiger partial charge in [0.15, 0.2) is 0 Å². The number of ether oxygens (including phenoxy) is 1. The fraction of sp³-hybridized carbons (Fsp3) is 0.261. The number of nitrogens with one attached hydrogen (secondary N) is 1. The summed E-state index contributed by atoms with van der Waals surface area (Å²) in [6.45, 7) is 3.08. The maximum absolute atomic E-state index is 13.0. The summed E-state index contributed by atoms with van der Waals surface area (Å²) in [6.07, 6.45) is 0. The monoisotopic (exact) mass is 458 g/mol. The Hall–Kier alpha value is -2.45. The summed E-state index contributed by atoms with van der Waals surface area (Å²) >= 11 is 6.20. The lowest BCUT2D eigenvalue weighted by atomic mass is 9.99. The highest BCUT2D eigenvalue weighted by molar-refractivity contribution is 7.89. The first-order chi connectivity index (χ1) is 14.9. The van der Waals surface area contributed by atoms with Crippen LogP contribution in [0.5, 0.6) is 0 Å². The highest BCUT2D eigenvalue weighted by Crippen LogP contribution is 2.28. The van der Waals surface area contributed by atoms with Gasteiger partial charge in [0.2, 0.25) is 10.0 Å². The minimum atomic E-state index is -3.82. The number of halogens is 1. The normalized spacial score (nSPS) is 16.2. The second kappa shape index (κ2) is 8.96. The molecule has 3 aromatic rings. The van der Waals surface area contributed by atoms with E-state index in [1.165, 1.54) is 22.5 Å². The molecule has 1 heterocycles. The SMILES string of the molecule is C[C@H](NC(=O)c1ccc(Cl)c(S(=O)(=O)N2CCOCC2)c1)c1cccc2ccccc12. The molecule has 4 rings (SSSR count). The lowest BCUT2D eigenvalue weighted by Gasteiger charge is -2.26. The van der Waals surface area contributed by atoms with Crippen molar-refractivity contribution in [2.24, 2.45) is 0 Å². The van der Waals surface area contributed by atoms with Gasteiger partial charge in [-0.25, -0.2) is 8.42 Å². The standard InChI is InChI=1S/C23H23ClN2O4S/c1-16(19-8-4-6-17-5-2-3-7-20(17)19)25-23(27)18-9-10-21(24)22(15-18)31(28,29)26-11-13-30-14-12-26/h2-10,15-16H,11-14H2,1H3,(H,25,27)/t16-/m0/s1. The van der Waals surface area contributed by atoms with E-state index in [0.717, 1.165) is 16.3 Å². The molecular formula is C23H23ClN2O4S. The third-order valence-electron chi connectivity index (χ3n) is 5.42. The second-order valence-electron chi connectivity index (χ2n) is 7.43. The summed E-state index contributed by atoms with van der Waals surface area (Å²) in [5.41, 5.74) is 1.23. The molecule has 1 aliphatic heterocycles. The van der Waals surface area contributed by atoms with Crippen molar-refractivity contribution in [2.75, 3.05) is 26.3 Å². The molecule has 1 atom stereocenters. The molecule has 3 aromatic carbocycles. The predicted molar refractivity (Wildman–Crippen MR) is 121 cm³/mol. The Kier molecular flexibility index (Phi) is 6.29. The number of hydrogen-bond donors (Lipinski definition) is 1. The number of amides is 1. The lowest BCUT2D eigenvalue weighted by molar-refractivity contribution is 0.0730. The summed E-state index contributed by atoms with van der Waals surface area (Å²) in [7, 11) is -3.82. The smallest absolute Gasteiger partial charge is 0.251 e. The van der Waals surface area contributed by atoms with Crippen molar-refractivity contribution in [1.29, 1.82) is 0 Å². The van der Waals surface area contributed by atoms with E-state index >= 15 is 0 Å². The van der Waals surface area contributed by atoms with Gasteiger partial charge in [-0.05, 0) is 41.5 Å². The molecule has 0 saturated carbocycles. The van der Waals surface area contributed by atoms with E-state index in [1.807, 2.05) is 49.4 Å². The zero-order valence-corrected chi connectivity index (χ0v) is 18.6. The van der Waals surface area contributed by atoms with Gasteiger partial charge in [-0.15, -0.1) is 0 Å². The van der Waals surface area contributed by atoms with Crippen molar-refractivity contribution in [3.8, 4) is 0 Å². The Morgan fingerprint density at radius 2 is 1.77 bits per heavy atom.